The minimum Gasteiger partial charge on any atom is -0.370 e. The van der Waals surface area contributed by atoms with Crippen LogP contribution in [0.4, 0.5) is 0 Å². The molecule has 8 heteroatoms. The highest BCUT2D eigenvalue weighted by atomic mass is 35.5. The number of hydrogen-bond acceptors (Lipinski definition) is 3. The normalized spacial score (nSPS) is 10.5. The van der Waals surface area contributed by atoms with Gasteiger partial charge < -0.3 is 16.5 Å². The van der Waals surface area contributed by atoms with Crippen LogP contribution in [0.15, 0.2) is 24.3 Å². The average molecular weight is 308 g/mol. The Bertz CT molecular complexity index is 724. The first-order chi connectivity index (χ1) is 9.90. The van der Waals surface area contributed by atoms with Crippen LogP contribution in [0.3, 0.4) is 0 Å². The maximum Gasteiger partial charge on any atom is 0.277 e. The van der Waals surface area contributed by atoms with E-state index in [1.807, 2.05) is 0 Å². The molecule has 0 aliphatic carbocycles. The van der Waals surface area contributed by atoms with Crippen molar-refractivity contribution < 1.29 is 9.59 Å². The van der Waals surface area contributed by atoms with Crippen LogP contribution in [0.5, 0.6) is 0 Å². The van der Waals surface area contributed by atoms with E-state index in [0.29, 0.717) is 15.9 Å². The Hall–Kier alpha value is -2.54. The van der Waals surface area contributed by atoms with Crippen molar-refractivity contribution in [3.63, 3.8) is 0 Å². The molecule has 2 amide bonds. The number of fused-ring (bicyclic) bond motifs is 1. The van der Waals surface area contributed by atoms with Crippen molar-refractivity contribution in [1.29, 1.82) is 5.41 Å². The fourth-order valence-electron chi connectivity index (χ4n) is 1.93. The number of aromatic amines is 1. The number of nitrogens with zero attached hydrogens (tertiary/aromatic N) is 1. The summed E-state index contributed by atoms with van der Waals surface area (Å²) in [6.07, 6.45) is -0.0771. The third-order valence-corrected chi connectivity index (χ3v) is 3.29. The van der Waals surface area contributed by atoms with Crippen LogP contribution >= 0.6 is 11.6 Å². The van der Waals surface area contributed by atoms with E-state index in [1.165, 1.54) is 0 Å². The molecule has 1 aromatic heterocycles. The van der Waals surface area contributed by atoms with Crippen LogP contribution in [-0.4, -0.2) is 34.2 Å². The van der Waals surface area contributed by atoms with Gasteiger partial charge in [0, 0.05) is 28.9 Å². The minimum absolute atomic E-state index is 0.0490. The fourth-order valence-corrected chi connectivity index (χ4v) is 2.16. The van der Waals surface area contributed by atoms with Crippen LogP contribution < -0.4 is 11.5 Å². The molecular weight excluding hydrogens is 294 g/mol. The SMILES string of the molecule is N=C(N)N(CCC(N)=O)C(=O)c1cc2c(Cl)cccc2[nH]1. The molecule has 7 nitrogen and oxygen atoms in total. The lowest BCUT2D eigenvalue weighted by molar-refractivity contribution is -0.118. The van der Waals surface area contributed by atoms with E-state index in [2.05, 4.69) is 4.98 Å². The third kappa shape index (κ3) is 3.14. The maximum absolute atomic E-state index is 12.4. The topological polar surface area (TPSA) is 129 Å². The van der Waals surface area contributed by atoms with Gasteiger partial charge in [-0.2, -0.15) is 0 Å². The number of aromatic nitrogens is 1. The van der Waals surface area contributed by atoms with Crippen molar-refractivity contribution in [2.24, 2.45) is 11.5 Å². The second-order valence-corrected chi connectivity index (χ2v) is 4.85. The molecule has 0 spiro atoms. The summed E-state index contributed by atoms with van der Waals surface area (Å²) >= 11 is 6.05. The molecule has 0 radical (unpaired) electrons. The summed E-state index contributed by atoms with van der Waals surface area (Å²) in [6, 6.07) is 6.83. The second-order valence-electron chi connectivity index (χ2n) is 4.44. The Labute approximate surface area is 125 Å². The van der Waals surface area contributed by atoms with Gasteiger partial charge in [0.25, 0.3) is 5.91 Å². The molecule has 0 aliphatic rings. The zero-order valence-electron chi connectivity index (χ0n) is 11.0. The molecular formula is C13H14ClN5O2. The third-order valence-electron chi connectivity index (χ3n) is 2.96. The molecule has 0 fully saturated rings. The maximum atomic E-state index is 12.4. The van der Waals surface area contributed by atoms with Gasteiger partial charge in [0.1, 0.15) is 5.69 Å². The monoisotopic (exact) mass is 307 g/mol. The molecule has 0 unspecified atom stereocenters. The number of primary amides is 1. The van der Waals surface area contributed by atoms with E-state index in [0.717, 1.165) is 4.90 Å². The highest BCUT2D eigenvalue weighted by Crippen LogP contribution is 2.24. The van der Waals surface area contributed by atoms with E-state index in [1.54, 1.807) is 24.3 Å². The van der Waals surface area contributed by atoms with E-state index in [9.17, 15) is 9.59 Å². The first-order valence-electron chi connectivity index (χ1n) is 6.11. The number of nitrogens with one attached hydrogen (secondary N) is 2. The van der Waals surface area contributed by atoms with Crippen LogP contribution in [0.25, 0.3) is 10.9 Å². The number of nitrogens with two attached hydrogens (primary N) is 2. The predicted molar refractivity (Wildman–Crippen MR) is 80.1 cm³/mol. The van der Waals surface area contributed by atoms with Gasteiger partial charge in [0.15, 0.2) is 5.96 Å². The van der Waals surface area contributed by atoms with E-state index in [-0.39, 0.29) is 18.7 Å². The van der Waals surface area contributed by atoms with Gasteiger partial charge in [-0.25, -0.2) is 0 Å². The number of benzene rings is 1. The second kappa shape index (κ2) is 5.84. The number of carbonyl (C=O) groups is 2. The molecule has 1 aromatic carbocycles. The zero-order valence-corrected chi connectivity index (χ0v) is 11.8. The lowest BCUT2D eigenvalue weighted by Crippen LogP contribution is -2.43. The Kier molecular flexibility index (Phi) is 4.13. The van der Waals surface area contributed by atoms with Gasteiger partial charge in [-0.05, 0) is 18.2 Å². The van der Waals surface area contributed by atoms with Crippen LogP contribution in [-0.2, 0) is 4.79 Å². The van der Waals surface area contributed by atoms with Gasteiger partial charge in [-0.15, -0.1) is 0 Å². The van der Waals surface area contributed by atoms with Crippen molar-refractivity contribution >= 4 is 40.3 Å². The Morgan fingerprint density at radius 1 is 1.33 bits per heavy atom. The largest absolute Gasteiger partial charge is 0.370 e. The number of hydrogen-bond donors (Lipinski definition) is 4. The molecule has 0 saturated heterocycles. The Balaban J connectivity index is 2.32. The smallest absolute Gasteiger partial charge is 0.277 e. The van der Waals surface area contributed by atoms with E-state index >= 15 is 0 Å². The standard InChI is InChI=1S/C13H14ClN5O2/c14-8-2-1-3-9-7(8)6-10(18-9)12(21)19(13(16)17)5-4-11(15)20/h1-3,6,18H,4-5H2,(H2,15,20)(H3,16,17). The summed E-state index contributed by atoms with van der Waals surface area (Å²) in [7, 11) is 0. The number of rotatable bonds is 4. The lowest BCUT2D eigenvalue weighted by Gasteiger charge is -2.19. The number of H-pyrrole nitrogens is 1. The van der Waals surface area contributed by atoms with Gasteiger partial charge in [0.2, 0.25) is 5.91 Å². The van der Waals surface area contributed by atoms with Crippen molar-refractivity contribution in [2.75, 3.05) is 6.54 Å². The van der Waals surface area contributed by atoms with Gasteiger partial charge >= 0.3 is 0 Å². The first-order valence-corrected chi connectivity index (χ1v) is 6.49. The van der Waals surface area contributed by atoms with E-state index in [4.69, 9.17) is 28.5 Å². The number of carbonyl (C=O) groups excluding carboxylic acids is 2. The van der Waals surface area contributed by atoms with Crippen molar-refractivity contribution in [3.05, 3.63) is 35.0 Å². The lowest BCUT2D eigenvalue weighted by atomic mass is 10.2. The fraction of sp³-hybridized carbons (Fsp3) is 0.154. The van der Waals surface area contributed by atoms with Gasteiger partial charge in [-0.1, -0.05) is 17.7 Å². The van der Waals surface area contributed by atoms with Crippen LogP contribution in [0.1, 0.15) is 16.9 Å². The molecule has 1 heterocycles. The van der Waals surface area contributed by atoms with Crippen molar-refractivity contribution in [3.8, 4) is 0 Å². The van der Waals surface area contributed by atoms with Crippen LogP contribution in [0.2, 0.25) is 5.02 Å². The average Bonchev–Trinajstić information content (AvgIpc) is 2.83. The quantitative estimate of drug-likeness (QED) is 0.497. The number of guanidine groups is 1. The highest BCUT2D eigenvalue weighted by molar-refractivity contribution is 6.35. The summed E-state index contributed by atoms with van der Waals surface area (Å²) in [6.45, 7) is -0.0490. The summed E-state index contributed by atoms with van der Waals surface area (Å²) in [5.41, 5.74) is 11.4. The Morgan fingerprint density at radius 2 is 2.05 bits per heavy atom. The molecule has 0 saturated carbocycles. The van der Waals surface area contributed by atoms with E-state index < -0.39 is 17.8 Å². The highest BCUT2D eigenvalue weighted by Gasteiger charge is 2.21. The molecule has 0 bridgehead atoms. The zero-order chi connectivity index (χ0) is 15.6. The molecule has 0 atom stereocenters. The first kappa shape index (κ1) is 14.9. The van der Waals surface area contributed by atoms with Crippen molar-refractivity contribution in [2.45, 2.75) is 6.42 Å². The molecule has 110 valence electrons. The molecule has 6 N–H and O–H groups in total. The van der Waals surface area contributed by atoms with Gasteiger partial charge in [-0.3, -0.25) is 19.9 Å². The summed E-state index contributed by atoms with van der Waals surface area (Å²) in [4.78, 5) is 27.1. The number of halogens is 1. The van der Waals surface area contributed by atoms with Crippen LogP contribution in [0, 0.1) is 5.41 Å². The predicted octanol–water partition coefficient (Wildman–Crippen LogP) is 1.03. The Morgan fingerprint density at radius 3 is 2.62 bits per heavy atom. The number of amides is 2. The minimum atomic E-state index is -0.575. The summed E-state index contributed by atoms with van der Waals surface area (Å²) < 4.78 is 0. The van der Waals surface area contributed by atoms with Crippen molar-refractivity contribution in [1.82, 2.24) is 9.88 Å². The molecule has 0 aliphatic heterocycles. The molecule has 2 rings (SSSR count). The molecule has 21 heavy (non-hydrogen) atoms. The van der Waals surface area contributed by atoms with Gasteiger partial charge in [0.05, 0.1) is 0 Å². The summed E-state index contributed by atoms with van der Waals surface area (Å²) in [5.74, 6) is -1.55. The summed E-state index contributed by atoms with van der Waals surface area (Å²) in [5, 5.41) is 8.65. The molecule has 2 aromatic rings.